The van der Waals surface area contributed by atoms with Crippen molar-refractivity contribution in [1.29, 1.82) is 0 Å². The molecule has 0 aliphatic carbocycles. The third-order valence-corrected chi connectivity index (χ3v) is 6.24. The fourth-order valence-electron chi connectivity index (χ4n) is 3.20. The number of esters is 1. The van der Waals surface area contributed by atoms with E-state index in [1.54, 1.807) is 0 Å². The monoisotopic (exact) mass is 324 g/mol. The molecule has 1 fully saturated rings. The van der Waals surface area contributed by atoms with E-state index in [0.29, 0.717) is 25.8 Å². The fourth-order valence-corrected chi connectivity index (χ4v) is 4.48. The molecule has 1 aromatic rings. The van der Waals surface area contributed by atoms with Crippen LogP contribution in [-0.2, 0) is 26.2 Å². The number of rotatable bonds is 3. The van der Waals surface area contributed by atoms with Gasteiger partial charge in [0.1, 0.15) is 6.10 Å². The largest absolute Gasteiger partial charge is 0.460 e. The highest BCUT2D eigenvalue weighted by Gasteiger charge is 2.44. The highest BCUT2D eigenvalue weighted by molar-refractivity contribution is 7.86. The van der Waals surface area contributed by atoms with Gasteiger partial charge in [0.2, 0.25) is 0 Å². The van der Waals surface area contributed by atoms with E-state index in [2.05, 4.69) is 0 Å². The summed E-state index contributed by atoms with van der Waals surface area (Å²) in [6.07, 6.45) is 1.15. The Labute approximate surface area is 130 Å². The minimum atomic E-state index is -3.57. The average molecular weight is 324 g/mol. The molecule has 120 valence electrons. The zero-order valence-corrected chi connectivity index (χ0v) is 13.5. The maximum Gasteiger partial charge on any atom is 0.306 e. The number of carbonyl (C=O) groups is 1. The Balaban J connectivity index is 2.06. The molecule has 2 aliphatic rings. The summed E-state index contributed by atoms with van der Waals surface area (Å²) in [7, 11) is -0.529. The first-order valence-electron chi connectivity index (χ1n) is 7.38. The lowest BCUT2D eigenvalue weighted by Gasteiger charge is -2.39. The Hall–Kier alpha value is -1.44. The van der Waals surface area contributed by atoms with Crippen LogP contribution in [0.5, 0.6) is 0 Å². The van der Waals surface area contributed by atoms with Crippen LogP contribution in [0, 0.1) is 0 Å². The van der Waals surface area contributed by atoms with Crippen LogP contribution in [-0.4, -0.2) is 49.7 Å². The molecule has 0 saturated carbocycles. The Morgan fingerprint density at radius 2 is 1.95 bits per heavy atom. The molecule has 6 nitrogen and oxygen atoms in total. The van der Waals surface area contributed by atoms with Gasteiger partial charge in [-0.1, -0.05) is 24.3 Å². The zero-order chi connectivity index (χ0) is 15.9. The van der Waals surface area contributed by atoms with Gasteiger partial charge in [-0.2, -0.15) is 17.0 Å². The smallest absolute Gasteiger partial charge is 0.306 e. The summed E-state index contributed by atoms with van der Waals surface area (Å²) in [5.74, 6) is -0.254. The third-order valence-electron chi connectivity index (χ3n) is 4.31. The van der Waals surface area contributed by atoms with Crippen LogP contribution < -0.4 is 0 Å². The normalized spacial score (nSPS) is 26.0. The highest BCUT2D eigenvalue weighted by Crippen LogP contribution is 2.39. The minimum Gasteiger partial charge on any atom is -0.460 e. The fraction of sp³-hybridized carbons (Fsp3) is 0.533. The van der Waals surface area contributed by atoms with Gasteiger partial charge in [-0.25, -0.2) is 0 Å². The van der Waals surface area contributed by atoms with E-state index in [9.17, 15) is 13.2 Å². The number of hydrogen-bond donors (Lipinski definition) is 0. The second-order valence-electron chi connectivity index (χ2n) is 5.86. The van der Waals surface area contributed by atoms with Gasteiger partial charge in [0.05, 0.1) is 6.04 Å². The van der Waals surface area contributed by atoms with Crippen molar-refractivity contribution in [2.24, 2.45) is 0 Å². The second kappa shape index (κ2) is 5.64. The summed E-state index contributed by atoms with van der Waals surface area (Å²) in [5, 5.41) is 0. The van der Waals surface area contributed by atoms with Gasteiger partial charge in [-0.15, -0.1) is 0 Å². The van der Waals surface area contributed by atoms with E-state index in [-0.39, 0.29) is 5.97 Å². The summed E-state index contributed by atoms with van der Waals surface area (Å²) in [5.41, 5.74) is 2.07. The quantitative estimate of drug-likeness (QED) is 0.781. The lowest BCUT2D eigenvalue weighted by atomic mass is 9.90. The molecular weight excluding hydrogens is 304 g/mol. The number of benzene rings is 1. The molecule has 2 atom stereocenters. The molecule has 22 heavy (non-hydrogen) atoms. The third kappa shape index (κ3) is 2.53. The second-order valence-corrected chi connectivity index (χ2v) is 7.96. The molecule has 0 aromatic heterocycles. The van der Waals surface area contributed by atoms with Crippen molar-refractivity contribution in [2.45, 2.75) is 31.4 Å². The summed E-state index contributed by atoms with van der Waals surface area (Å²) in [4.78, 5) is 11.5. The molecule has 0 N–H and O–H groups in total. The molecule has 2 aliphatic heterocycles. The molecule has 0 bridgehead atoms. The van der Waals surface area contributed by atoms with Crippen molar-refractivity contribution in [2.75, 3.05) is 20.6 Å². The first kappa shape index (κ1) is 15.5. The number of hydrogen-bond acceptors (Lipinski definition) is 4. The molecule has 0 radical (unpaired) electrons. The van der Waals surface area contributed by atoms with E-state index < -0.39 is 22.4 Å². The Morgan fingerprint density at radius 3 is 2.59 bits per heavy atom. The van der Waals surface area contributed by atoms with Gasteiger partial charge >= 0.3 is 5.97 Å². The van der Waals surface area contributed by atoms with Crippen molar-refractivity contribution in [3.05, 3.63) is 35.4 Å². The molecule has 0 unspecified atom stereocenters. The van der Waals surface area contributed by atoms with E-state index in [1.807, 2.05) is 24.3 Å². The van der Waals surface area contributed by atoms with Gasteiger partial charge < -0.3 is 4.74 Å². The lowest BCUT2D eigenvalue weighted by Crippen LogP contribution is -2.49. The predicted octanol–water partition coefficient (Wildman–Crippen LogP) is 1.10. The number of carbonyl (C=O) groups excluding carboxylic acids is 1. The van der Waals surface area contributed by atoms with Crippen molar-refractivity contribution in [3.63, 3.8) is 0 Å². The van der Waals surface area contributed by atoms with Crippen molar-refractivity contribution in [1.82, 2.24) is 8.61 Å². The van der Waals surface area contributed by atoms with Gasteiger partial charge in [0, 0.05) is 27.1 Å². The Morgan fingerprint density at radius 1 is 1.23 bits per heavy atom. The number of cyclic esters (lactones) is 1. The maximum absolute atomic E-state index is 12.7. The SMILES string of the molecule is CN(C)S(=O)(=O)N1CCc2ccccc2[C@@H]1[C@H]1CCC(=O)O1. The molecule has 0 amide bonds. The molecule has 1 aromatic carbocycles. The molecule has 3 rings (SSSR count). The van der Waals surface area contributed by atoms with Crippen molar-refractivity contribution >= 4 is 16.2 Å². The number of ether oxygens (including phenoxy) is 1. The standard InChI is InChI=1S/C15H20N2O4S/c1-16(2)22(19,20)17-10-9-11-5-3-4-6-12(11)15(17)13-7-8-14(18)21-13/h3-6,13,15H,7-10H2,1-2H3/t13-,15-/m1/s1. The summed E-state index contributed by atoms with van der Waals surface area (Å²) < 4.78 is 33.4. The van der Waals surface area contributed by atoms with Gasteiger partial charge in [-0.05, 0) is 24.0 Å². The molecule has 1 saturated heterocycles. The van der Waals surface area contributed by atoms with Crippen LogP contribution in [0.25, 0.3) is 0 Å². The zero-order valence-electron chi connectivity index (χ0n) is 12.7. The van der Waals surface area contributed by atoms with Crippen LogP contribution in [0.4, 0.5) is 0 Å². The molecule has 7 heteroatoms. The average Bonchev–Trinajstić information content (AvgIpc) is 2.92. The van der Waals surface area contributed by atoms with Crippen LogP contribution in [0.1, 0.15) is 30.0 Å². The van der Waals surface area contributed by atoms with Crippen LogP contribution in [0.2, 0.25) is 0 Å². The Bertz CT molecular complexity index is 687. The lowest BCUT2D eigenvalue weighted by molar-refractivity contribution is -0.143. The van der Waals surface area contributed by atoms with E-state index in [0.717, 1.165) is 11.1 Å². The van der Waals surface area contributed by atoms with E-state index in [1.165, 1.54) is 22.7 Å². The Kier molecular flexibility index (Phi) is 3.96. The minimum absolute atomic E-state index is 0.254. The van der Waals surface area contributed by atoms with Crippen LogP contribution in [0.3, 0.4) is 0 Å². The van der Waals surface area contributed by atoms with E-state index in [4.69, 9.17) is 4.74 Å². The first-order chi connectivity index (χ1) is 10.4. The topological polar surface area (TPSA) is 66.9 Å². The molecule has 0 spiro atoms. The maximum atomic E-state index is 12.7. The van der Waals surface area contributed by atoms with Crippen molar-refractivity contribution < 1.29 is 17.9 Å². The number of nitrogens with zero attached hydrogens (tertiary/aromatic N) is 2. The predicted molar refractivity (Wildman–Crippen MR) is 81.3 cm³/mol. The molecule has 2 heterocycles. The first-order valence-corrected chi connectivity index (χ1v) is 8.77. The summed E-state index contributed by atoms with van der Waals surface area (Å²) in [6, 6.07) is 7.35. The number of fused-ring (bicyclic) bond motifs is 1. The van der Waals surface area contributed by atoms with Gasteiger partial charge in [0.15, 0.2) is 0 Å². The summed E-state index contributed by atoms with van der Waals surface area (Å²) in [6.45, 7) is 0.399. The molecular formula is C15H20N2O4S. The highest BCUT2D eigenvalue weighted by atomic mass is 32.2. The van der Waals surface area contributed by atoms with Crippen LogP contribution in [0.15, 0.2) is 24.3 Å². The van der Waals surface area contributed by atoms with Gasteiger partial charge in [-0.3, -0.25) is 4.79 Å². The summed E-state index contributed by atoms with van der Waals surface area (Å²) >= 11 is 0. The van der Waals surface area contributed by atoms with Gasteiger partial charge in [0.25, 0.3) is 10.2 Å². The van der Waals surface area contributed by atoms with E-state index >= 15 is 0 Å². The van der Waals surface area contributed by atoms with Crippen LogP contribution >= 0.6 is 0 Å². The van der Waals surface area contributed by atoms with Crippen molar-refractivity contribution in [3.8, 4) is 0 Å².